The number of thiocarbonyl (C=S) groups is 1. The number of carbonyl (C=O) groups is 1. The van der Waals surface area contributed by atoms with Crippen LogP contribution >= 0.6 is 23.8 Å². The highest BCUT2D eigenvalue weighted by atomic mass is 35.5. The fourth-order valence-electron chi connectivity index (χ4n) is 4.63. The first kappa shape index (κ1) is 21.6. The van der Waals surface area contributed by atoms with E-state index in [0.717, 1.165) is 11.3 Å². The van der Waals surface area contributed by atoms with E-state index in [2.05, 4.69) is 10.6 Å². The Morgan fingerprint density at radius 1 is 1.15 bits per heavy atom. The normalized spacial score (nSPS) is 23.1. The molecule has 1 amide bonds. The summed E-state index contributed by atoms with van der Waals surface area (Å²) < 4.78 is 11.8. The third-order valence-corrected chi connectivity index (χ3v) is 6.65. The van der Waals surface area contributed by atoms with E-state index in [4.69, 9.17) is 33.3 Å². The van der Waals surface area contributed by atoms with Gasteiger partial charge < -0.3 is 20.1 Å². The van der Waals surface area contributed by atoms with Crippen LogP contribution in [0.2, 0.25) is 5.02 Å². The summed E-state index contributed by atoms with van der Waals surface area (Å²) >= 11 is 12.0. The topological polar surface area (TPSA) is 62.8 Å². The lowest BCUT2D eigenvalue weighted by molar-refractivity contribution is -0.130. The van der Waals surface area contributed by atoms with Crippen LogP contribution in [-0.2, 0) is 4.79 Å². The molecule has 0 saturated carbocycles. The van der Waals surface area contributed by atoms with Crippen molar-refractivity contribution < 1.29 is 14.3 Å². The fraction of sp³-hybridized carbons (Fsp3) is 0.200. The molecule has 3 atom stereocenters. The second kappa shape index (κ2) is 8.24. The monoisotopic (exact) mass is 479 g/mol. The molecule has 33 heavy (non-hydrogen) atoms. The molecule has 0 spiro atoms. The van der Waals surface area contributed by atoms with Gasteiger partial charge in [-0.2, -0.15) is 0 Å². The molecule has 8 heteroatoms. The smallest absolute Gasteiger partial charge is 0.236 e. The Bertz CT molecular complexity index is 1240. The average molecular weight is 480 g/mol. The van der Waals surface area contributed by atoms with Crippen LogP contribution in [0, 0.1) is 5.92 Å². The van der Waals surface area contributed by atoms with Crippen LogP contribution in [0.3, 0.4) is 0 Å². The number of fused-ring (bicyclic) bond motifs is 4. The Hall–Kier alpha value is -3.29. The third-order valence-electron chi connectivity index (χ3n) is 6.11. The van der Waals surface area contributed by atoms with Crippen molar-refractivity contribution in [2.24, 2.45) is 5.92 Å². The number of nitrogens with zero attached hydrogens (tertiary/aromatic N) is 1. The third kappa shape index (κ3) is 3.67. The summed E-state index contributed by atoms with van der Waals surface area (Å²) in [4.78, 5) is 15.6. The molecule has 2 aliphatic heterocycles. The largest absolute Gasteiger partial charge is 0.497 e. The first-order valence-electron chi connectivity index (χ1n) is 10.5. The maximum absolute atomic E-state index is 13.7. The van der Waals surface area contributed by atoms with E-state index in [1.165, 1.54) is 0 Å². The number of carbonyl (C=O) groups excluding carboxylic acids is 1. The summed E-state index contributed by atoms with van der Waals surface area (Å²) in [5.41, 5.74) is 1.20. The molecule has 0 radical (unpaired) electrons. The van der Waals surface area contributed by atoms with Crippen LogP contribution in [0.15, 0.2) is 72.8 Å². The van der Waals surface area contributed by atoms with E-state index >= 15 is 0 Å². The van der Waals surface area contributed by atoms with Crippen molar-refractivity contribution in [3.05, 3.63) is 83.4 Å². The number of rotatable bonds is 4. The Labute approximate surface area is 202 Å². The molecule has 2 aliphatic rings. The van der Waals surface area contributed by atoms with Crippen LogP contribution < -0.4 is 25.0 Å². The van der Waals surface area contributed by atoms with Gasteiger partial charge in [0.05, 0.1) is 13.2 Å². The molecule has 2 bridgehead atoms. The van der Waals surface area contributed by atoms with Gasteiger partial charge in [0.25, 0.3) is 0 Å². The van der Waals surface area contributed by atoms with Crippen molar-refractivity contribution in [1.82, 2.24) is 5.32 Å². The van der Waals surface area contributed by atoms with E-state index in [9.17, 15) is 4.79 Å². The summed E-state index contributed by atoms with van der Waals surface area (Å²) in [7, 11) is 1.60. The van der Waals surface area contributed by atoms with Crippen LogP contribution in [0.5, 0.6) is 11.5 Å². The number of methoxy groups -OCH3 is 1. The van der Waals surface area contributed by atoms with Crippen LogP contribution in [-0.4, -0.2) is 23.9 Å². The molecule has 1 fully saturated rings. The van der Waals surface area contributed by atoms with Crippen molar-refractivity contribution in [3.8, 4) is 11.5 Å². The van der Waals surface area contributed by atoms with Crippen LogP contribution in [0.1, 0.15) is 18.5 Å². The average Bonchev–Trinajstić information content (AvgIpc) is 2.79. The Morgan fingerprint density at radius 3 is 2.64 bits per heavy atom. The van der Waals surface area contributed by atoms with Gasteiger partial charge in [-0.25, -0.2) is 0 Å². The lowest BCUT2D eigenvalue weighted by Crippen LogP contribution is -2.72. The van der Waals surface area contributed by atoms with Gasteiger partial charge >= 0.3 is 0 Å². The quantitative estimate of drug-likeness (QED) is 0.505. The molecule has 3 unspecified atom stereocenters. The Kier molecular flexibility index (Phi) is 5.38. The molecule has 1 saturated heterocycles. The van der Waals surface area contributed by atoms with Gasteiger partial charge in [0.1, 0.15) is 17.4 Å². The highest BCUT2D eigenvalue weighted by molar-refractivity contribution is 7.80. The molecular weight excluding hydrogens is 458 g/mol. The highest BCUT2D eigenvalue weighted by Crippen LogP contribution is 2.49. The maximum Gasteiger partial charge on any atom is 0.236 e. The highest BCUT2D eigenvalue weighted by Gasteiger charge is 2.59. The molecule has 2 heterocycles. The van der Waals surface area contributed by atoms with Gasteiger partial charge in [-0.15, -0.1) is 0 Å². The van der Waals surface area contributed by atoms with E-state index < -0.39 is 11.6 Å². The lowest BCUT2D eigenvalue weighted by atomic mass is 9.78. The van der Waals surface area contributed by atoms with Crippen LogP contribution in [0.4, 0.5) is 11.4 Å². The van der Waals surface area contributed by atoms with Gasteiger partial charge in [0, 0.05) is 22.0 Å². The van der Waals surface area contributed by atoms with Gasteiger partial charge in [0.15, 0.2) is 10.8 Å². The predicted molar refractivity (Wildman–Crippen MR) is 133 cm³/mol. The van der Waals surface area contributed by atoms with Crippen molar-refractivity contribution in [2.45, 2.75) is 18.7 Å². The van der Waals surface area contributed by atoms with Crippen LogP contribution in [0.25, 0.3) is 0 Å². The van der Waals surface area contributed by atoms with E-state index in [1.807, 2.05) is 54.3 Å². The van der Waals surface area contributed by atoms with Crippen molar-refractivity contribution in [2.75, 3.05) is 17.3 Å². The van der Waals surface area contributed by atoms with E-state index in [-0.39, 0.29) is 11.9 Å². The summed E-state index contributed by atoms with van der Waals surface area (Å²) in [5, 5.41) is 7.45. The molecular formula is C25H22ClN3O3S. The zero-order valence-electron chi connectivity index (χ0n) is 18.0. The number of hydrogen-bond donors (Lipinski definition) is 2. The number of anilines is 2. The molecule has 168 valence electrons. The minimum Gasteiger partial charge on any atom is -0.497 e. The number of para-hydroxylation sites is 1. The SMILES string of the molecule is COc1ccc(NC(=O)C2C3NC(=S)N(c4cccc(Cl)c4)C2(C)Oc2ccccc23)cc1. The second-order valence-electron chi connectivity index (χ2n) is 8.13. The molecule has 0 aliphatic carbocycles. The minimum atomic E-state index is -1.09. The molecule has 2 N–H and O–H groups in total. The van der Waals surface area contributed by atoms with Gasteiger partial charge in [-0.1, -0.05) is 35.9 Å². The summed E-state index contributed by atoms with van der Waals surface area (Å²) in [6.07, 6.45) is 0. The number of nitrogens with one attached hydrogen (secondary N) is 2. The predicted octanol–water partition coefficient (Wildman–Crippen LogP) is 5.15. The van der Waals surface area contributed by atoms with Crippen molar-refractivity contribution in [3.63, 3.8) is 0 Å². The lowest BCUT2D eigenvalue weighted by Gasteiger charge is -2.56. The van der Waals surface area contributed by atoms with E-state index in [0.29, 0.717) is 27.3 Å². The Morgan fingerprint density at radius 2 is 1.91 bits per heavy atom. The molecule has 6 nitrogen and oxygen atoms in total. The molecule has 3 aromatic rings. The fourth-order valence-corrected chi connectivity index (χ4v) is 5.23. The number of amides is 1. The minimum absolute atomic E-state index is 0.191. The van der Waals surface area contributed by atoms with Gasteiger partial charge in [-0.05, 0) is 67.7 Å². The zero-order chi connectivity index (χ0) is 23.2. The number of hydrogen-bond acceptors (Lipinski definition) is 4. The summed E-state index contributed by atoms with van der Waals surface area (Å²) in [6.45, 7) is 1.89. The zero-order valence-corrected chi connectivity index (χ0v) is 19.6. The van der Waals surface area contributed by atoms with Crippen molar-refractivity contribution in [1.29, 1.82) is 0 Å². The Balaban J connectivity index is 1.59. The summed E-state index contributed by atoms with van der Waals surface area (Å²) in [6, 6.07) is 21.9. The van der Waals surface area contributed by atoms with Gasteiger partial charge in [-0.3, -0.25) is 9.69 Å². The van der Waals surface area contributed by atoms with Gasteiger partial charge in [0.2, 0.25) is 5.91 Å². The number of ether oxygens (including phenoxy) is 2. The molecule has 3 aromatic carbocycles. The standard InChI is InChI=1S/C25H22ClN3O3S/c1-25-21(23(30)27-16-10-12-18(31-2)13-11-16)22(19-8-3-4-9-20(19)32-25)28-24(33)29(25)17-7-5-6-15(26)14-17/h3-14,21-22H,1-2H3,(H,27,30)(H,28,33). The number of halogens is 1. The van der Waals surface area contributed by atoms with Crippen molar-refractivity contribution >= 4 is 46.2 Å². The number of benzene rings is 3. The maximum atomic E-state index is 13.7. The second-order valence-corrected chi connectivity index (χ2v) is 8.96. The molecule has 0 aromatic heterocycles. The van der Waals surface area contributed by atoms with E-state index in [1.54, 1.807) is 37.4 Å². The molecule has 5 rings (SSSR count). The summed E-state index contributed by atoms with van der Waals surface area (Å²) in [5.74, 6) is 0.607. The first-order valence-corrected chi connectivity index (χ1v) is 11.3. The first-order chi connectivity index (χ1) is 15.9.